The van der Waals surface area contributed by atoms with Crippen molar-refractivity contribution in [2.24, 2.45) is 11.8 Å². The van der Waals surface area contributed by atoms with Gasteiger partial charge in [0.1, 0.15) is 0 Å². The lowest BCUT2D eigenvalue weighted by molar-refractivity contribution is 0.248. The molecule has 1 fully saturated rings. The van der Waals surface area contributed by atoms with Crippen molar-refractivity contribution in [3.63, 3.8) is 0 Å². The Morgan fingerprint density at radius 1 is 0.880 bits per heavy atom. The highest BCUT2D eigenvalue weighted by molar-refractivity contribution is 5.39. The first-order valence-corrected chi connectivity index (χ1v) is 10.3. The third-order valence-corrected chi connectivity index (χ3v) is 5.74. The van der Waals surface area contributed by atoms with E-state index in [0.29, 0.717) is 0 Å². The van der Waals surface area contributed by atoms with E-state index in [0.717, 1.165) is 17.4 Å². The van der Waals surface area contributed by atoms with Crippen molar-refractivity contribution in [2.45, 2.75) is 84.0 Å². The molecule has 0 bridgehead atoms. The van der Waals surface area contributed by atoms with Gasteiger partial charge in [-0.05, 0) is 42.4 Å². The van der Waals surface area contributed by atoms with Crippen molar-refractivity contribution in [2.75, 3.05) is 0 Å². The quantitative estimate of drug-likeness (QED) is 0.365. The summed E-state index contributed by atoms with van der Waals surface area (Å²) in [6.45, 7) is 2.29. The Bertz CT molecular complexity index is 573. The van der Waals surface area contributed by atoms with Gasteiger partial charge in [0.15, 0.2) is 6.07 Å². The van der Waals surface area contributed by atoms with Crippen LogP contribution in [0.25, 0.3) is 0 Å². The zero-order valence-electron chi connectivity index (χ0n) is 15.9. The minimum Gasteiger partial charge on any atom is -0.183 e. The summed E-state index contributed by atoms with van der Waals surface area (Å²) in [5.41, 5.74) is 2.34. The van der Waals surface area contributed by atoms with Gasteiger partial charge < -0.3 is 0 Å². The molecule has 1 saturated carbocycles. The van der Waals surface area contributed by atoms with E-state index in [2.05, 4.69) is 30.9 Å². The average Bonchev–Trinajstić information content (AvgIpc) is 2.66. The summed E-state index contributed by atoms with van der Waals surface area (Å²) < 4.78 is 0. The smallest absolute Gasteiger partial charge is 0.152 e. The monoisotopic (exact) mass is 335 g/mol. The zero-order chi connectivity index (χ0) is 17.7. The molecule has 0 amide bonds. The fraction of sp³-hybridized carbons (Fsp3) is 0.625. The Labute approximate surface area is 154 Å². The highest BCUT2D eigenvalue weighted by Crippen LogP contribution is 2.34. The number of aryl methyl sites for hydroxylation is 1. The first kappa shape index (κ1) is 19.6. The molecule has 0 aromatic heterocycles. The molecule has 1 heteroatoms. The second-order valence-electron chi connectivity index (χ2n) is 7.69. The van der Waals surface area contributed by atoms with E-state index in [9.17, 15) is 0 Å². The second-order valence-corrected chi connectivity index (χ2v) is 7.69. The van der Waals surface area contributed by atoms with Gasteiger partial charge in [-0.25, -0.2) is 0 Å². The third-order valence-electron chi connectivity index (χ3n) is 5.74. The number of nitrogens with zero attached hydrogens (tertiary/aromatic N) is 1. The lowest BCUT2D eigenvalue weighted by Gasteiger charge is -2.28. The van der Waals surface area contributed by atoms with E-state index in [-0.39, 0.29) is 0 Å². The first-order valence-electron chi connectivity index (χ1n) is 10.3. The molecule has 1 nitrogen and oxygen atoms in total. The number of hydrogen-bond acceptors (Lipinski definition) is 1. The van der Waals surface area contributed by atoms with Crippen LogP contribution in [0.1, 0.15) is 88.7 Å². The van der Waals surface area contributed by atoms with Crippen LogP contribution in [0.15, 0.2) is 24.3 Å². The highest BCUT2D eigenvalue weighted by Gasteiger charge is 2.20. The molecule has 0 saturated heterocycles. The lowest BCUT2D eigenvalue weighted by Crippen LogP contribution is -2.15. The predicted octanol–water partition coefficient (Wildman–Crippen LogP) is 6.66. The first-order chi connectivity index (χ1) is 12.3. The van der Waals surface area contributed by atoms with Crippen LogP contribution in [0.5, 0.6) is 0 Å². The highest BCUT2D eigenvalue weighted by atomic mass is 14.3. The van der Waals surface area contributed by atoms with Crippen LogP contribution >= 0.6 is 0 Å². The normalized spacial score (nSPS) is 19.7. The summed E-state index contributed by atoms with van der Waals surface area (Å²) in [4.78, 5) is 0. The number of rotatable bonds is 9. The largest absolute Gasteiger partial charge is 0.183 e. The molecule has 0 atom stereocenters. The minimum atomic E-state index is 0.925. The van der Waals surface area contributed by atoms with Gasteiger partial charge in [-0.15, -0.1) is 0 Å². The molecule has 0 radical (unpaired) electrons. The Balaban J connectivity index is 1.61. The molecule has 25 heavy (non-hydrogen) atoms. The lowest BCUT2D eigenvalue weighted by atomic mass is 9.77. The summed E-state index contributed by atoms with van der Waals surface area (Å²) in [6, 6.07) is 10.3. The maximum absolute atomic E-state index is 8.49. The van der Waals surface area contributed by atoms with Crippen LogP contribution in [-0.4, -0.2) is 0 Å². The zero-order valence-corrected chi connectivity index (χ0v) is 15.9. The molecular weight excluding hydrogens is 302 g/mol. The van der Waals surface area contributed by atoms with Gasteiger partial charge in [0.05, 0.1) is 0 Å². The van der Waals surface area contributed by atoms with E-state index < -0.39 is 0 Å². The molecule has 2 rings (SSSR count). The number of benzene rings is 1. The van der Waals surface area contributed by atoms with E-state index in [1.54, 1.807) is 0 Å². The molecular formula is C24H33N. The fourth-order valence-electron chi connectivity index (χ4n) is 4.07. The van der Waals surface area contributed by atoms with E-state index >= 15 is 0 Å². The summed E-state index contributed by atoms with van der Waals surface area (Å²) in [6.07, 6.45) is 16.9. The molecule has 134 valence electrons. The van der Waals surface area contributed by atoms with Gasteiger partial charge in [-0.1, -0.05) is 89.2 Å². The molecule has 0 N–H and O–H groups in total. The number of hydrogen-bond donors (Lipinski definition) is 0. The molecule has 0 unspecified atom stereocenters. The summed E-state index contributed by atoms with van der Waals surface area (Å²) in [5.74, 6) is 7.24. The topological polar surface area (TPSA) is 23.8 Å². The van der Waals surface area contributed by atoms with Gasteiger partial charge in [-0.3, -0.25) is 0 Å². The number of nitriles is 1. The van der Waals surface area contributed by atoms with Crippen molar-refractivity contribution in [1.29, 1.82) is 5.26 Å². The van der Waals surface area contributed by atoms with Crippen LogP contribution < -0.4 is 0 Å². The van der Waals surface area contributed by atoms with Gasteiger partial charge in [0.2, 0.25) is 0 Å². The van der Waals surface area contributed by atoms with Crippen LogP contribution in [-0.2, 0) is 6.42 Å². The number of unbranched alkanes of at least 4 members (excludes halogenated alkanes) is 4. The molecule has 0 spiro atoms. The van der Waals surface area contributed by atoms with E-state index in [4.69, 9.17) is 5.26 Å². The third kappa shape index (κ3) is 7.79. The Kier molecular flexibility index (Phi) is 9.22. The van der Waals surface area contributed by atoms with Crippen LogP contribution in [0.3, 0.4) is 0 Å². The van der Waals surface area contributed by atoms with E-state index in [1.165, 1.54) is 82.6 Å². The van der Waals surface area contributed by atoms with Gasteiger partial charge in [0, 0.05) is 11.5 Å². The van der Waals surface area contributed by atoms with Crippen molar-refractivity contribution >= 4 is 0 Å². The fourth-order valence-corrected chi connectivity index (χ4v) is 4.07. The van der Waals surface area contributed by atoms with Crippen LogP contribution in [0, 0.1) is 35.0 Å². The Morgan fingerprint density at radius 2 is 1.52 bits per heavy atom. The Hall–Kier alpha value is -1.73. The summed E-state index contributed by atoms with van der Waals surface area (Å²) in [5, 5.41) is 8.49. The SMILES string of the molecule is CCCCCCCC1CCC(CCc2ccc(C#CC#N)cc2)CC1. The van der Waals surface area contributed by atoms with Crippen molar-refractivity contribution in [3.8, 4) is 17.9 Å². The van der Waals surface area contributed by atoms with Crippen LogP contribution in [0.4, 0.5) is 0 Å². The van der Waals surface area contributed by atoms with Gasteiger partial charge in [-0.2, -0.15) is 5.26 Å². The Morgan fingerprint density at radius 3 is 2.16 bits per heavy atom. The maximum Gasteiger partial charge on any atom is 0.152 e. The predicted molar refractivity (Wildman–Crippen MR) is 106 cm³/mol. The summed E-state index contributed by atoms with van der Waals surface area (Å²) in [7, 11) is 0. The molecule has 0 aliphatic heterocycles. The van der Waals surface area contributed by atoms with Crippen molar-refractivity contribution in [1.82, 2.24) is 0 Å². The second kappa shape index (κ2) is 11.8. The average molecular weight is 336 g/mol. The van der Waals surface area contributed by atoms with Crippen molar-refractivity contribution in [3.05, 3.63) is 35.4 Å². The molecule has 1 aromatic rings. The standard InChI is InChI=1S/C24H33N/c1-2-3-4-5-6-8-21-10-14-23(15-11-21)18-19-24-16-12-22(13-17-24)9-7-20-25/h12-13,16-17,21,23H,2-6,8,10-11,14-15,18-19H2,1H3. The van der Waals surface area contributed by atoms with Gasteiger partial charge >= 0.3 is 0 Å². The maximum atomic E-state index is 8.49. The summed E-state index contributed by atoms with van der Waals surface area (Å²) >= 11 is 0. The minimum absolute atomic E-state index is 0.925. The molecule has 1 aromatic carbocycles. The van der Waals surface area contributed by atoms with E-state index in [1.807, 2.05) is 18.2 Å². The molecule has 1 aliphatic rings. The van der Waals surface area contributed by atoms with Crippen molar-refractivity contribution < 1.29 is 0 Å². The van der Waals surface area contributed by atoms with Crippen LogP contribution in [0.2, 0.25) is 0 Å². The van der Waals surface area contributed by atoms with Gasteiger partial charge in [0.25, 0.3) is 0 Å². The molecule has 1 aliphatic carbocycles. The molecule has 0 heterocycles.